The molecule has 4 aromatic rings. The lowest BCUT2D eigenvalue weighted by atomic mass is 10.1. The molecule has 31 heavy (non-hydrogen) atoms. The monoisotopic (exact) mass is 434 g/mol. The van der Waals surface area contributed by atoms with Gasteiger partial charge in [-0.05, 0) is 67.4 Å². The number of benzene rings is 3. The van der Waals surface area contributed by atoms with Crippen LogP contribution in [0.15, 0.2) is 69.9 Å². The maximum atomic E-state index is 13.3. The molecule has 0 aliphatic carbocycles. The second-order valence-electron chi connectivity index (χ2n) is 7.12. The van der Waals surface area contributed by atoms with Crippen LogP contribution >= 0.6 is 11.6 Å². The van der Waals surface area contributed by atoms with Crippen LogP contribution in [0.1, 0.15) is 21.5 Å². The number of hydrogen-bond donors (Lipinski definition) is 0. The number of carbonyl (C=O) groups is 1. The summed E-state index contributed by atoms with van der Waals surface area (Å²) in [6.07, 6.45) is 0. The van der Waals surface area contributed by atoms with Gasteiger partial charge in [-0.2, -0.15) is 0 Å². The van der Waals surface area contributed by atoms with E-state index in [1.54, 1.807) is 62.6 Å². The predicted molar refractivity (Wildman–Crippen MR) is 120 cm³/mol. The van der Waals surface area contributed by atoms with Crippen molar-refractivity contribution >= 4 is 28.5 Å². The van der Waals surface area contributed by atoms with E-state index in [0.717, 1.165) is 11.1 Å². The number of methoxy groups -OCH3 is 1. The first-order chi connectivity index (χ1) is 14.9. The van der Waals surface area contributed by atoms with Crippen molar-refractivity contribution in [3.05, 3.63) is 92.6 Å². The van der Waals surface area contributed by atoms with Crippen LogP contribution in [0.5, 0.6) is 11.5 Å². The molecule has 0 amide bonds. The molecule has 0 spiro atoms. The van der Waals surface area contributed by atoms with Gasteiger partial charge in [-0.15, -0.1) is 0 Å². The average Bonchev–Trinajstić information content (AvgIpc) is 2.77. The summed E-state index contributed by atoms with van der Waals surface area (Å²) in [5.41, 5.74) is 2.32. The molecule has 0 atom stereocenters. The zero-order valence-corrected chi connectivity index (χ0v) is 17.9. The fourth-order valence-electron chi connectivity index (χ4n) is 3.27. The number of halogens is 1. The lowest BCUT2D eigenvalue weighted by molar-refractivity contribution is 0.0730. The van der Waals surface area contributed by atoms with E-state index in [1.807, 2.05) is 13.0 Å². The van der Waals surface area contributed by atoms with Gasteiger partial charge in [0.05, 0.1) is 18.1 Å². The smallest absolute Gasteiger partial charge is 0.344 e. The van der Waals surface area contributed by atoms with Crippen molar-refractivity contribution in [2.24, 2.45) is 0 Å². The summed E-state index contributed by atoms with van der Waals surface area (Å²) in [4.78, 5) is 26.2. The van der Waals surface area contributed by atoms with E-state index >= 15 is 0 Å². The molecule has 0 unspecified atom stereocenters. The number of aryl methyl sites for hydroxylation is 2. The van der Waals surface area contributed by atoms with Crippen LogP contribution in [0.3, 0.4) is 0 Å². The minimum absolute atomic E-state index is 0.156. The van der Waals surface area contributed by atoms with E-state index in [2.05, 4.69) is 0 Å². The van der Waals surface area contributed by atoms with E-state index in [-0.39, 0.29) is 16.9 Å². The first-order valence-corrected chi connectivity index (χ1v) is 9.96. The van der Waals surface area contributed by atoms with Crippen molar-refractivity contribution in [3.63, 3.8) is 0 Å². The van der Waals surface area contributed by atoms with Crippen LogP contribution in [0.4, 0.5) is 0 Å². The van der Waals surface area contributed by atoms with Gasteiger partial charge in [-0.1, -0.05) is 29.8 Å². The molecular formula is C25H19ClO5. The van der Waals surface area contributed by atoms with Gasteiger partial charge in [-0.25, -0.2) is 4.79 Å². The molecule has 0 saturated carbocycles. The van der Waals surface area contributed by atoms with E-state index in [1.165, 1.54) is 6.07 Å². The van der Waals surface area contributed by atoms with Gasteiger partial charge in [-0.3, -0.25) is 4.79 Å². The summed E-state index contributed by atoms with van der Waals surface area (Å²) in [5, 5.41) is 0.661. The third-order valence-electron chi connectivity index (χ3n) is 5.04. The van der Waals surface area contributed by atoms with Gasteiger partial charge in [0.15, 0.2) is 5.76 Å². The van der Waals surface area contributed by atoms with Crippen LogP contribution in [0.2, 0.25) is 5.02 Å². The molecular weight excluding hydrogens is 416 g/mol. The highest BCUT2D eigenvalue weighted by molar-refractivity contribution is 6.32. The standard InChI is InChI=1S/C25H19ClO5/c1-14-6-4-5-7-18(14)25(28)31-24-22(27)19-13-20(26)15(2)12-21(19)30-23(24)16-8-10-17(29-3)11-9-16/h4-13H,1-3H3. The van der Waals surface area contributed by atoms with Crippen LogP contribution in [0, 0.1) is 13.8 Å². The third-order valence-corrected chi connectivity index (χ3v) is 5.45. The van der Waals surface area contributed by atoms with Crippen molar-refractivity contribution in [2.45, 2.75) is 13.8 Å². The topological polar surface area (TPSA) is 65.7 Å². The van der Waals surface area contributed by atoms with E-state index in [4.69, 9.17) is 25.5 Å². The molecule has 0 bridgehead atoms. The van der Waals surface area contributed by atoms with Gasteiger partial charge in [0, 0.05) is 10.6 Å². The number of fused-ring (bicyclic) bond motifs is 1. The molecule has 4 rings (SSSR count). The van der Waals surface area contributed by atoms with Gasteiger partial charge in [0.2, 0.25) is 11.2 Å². The second-order valence-corrected chi connectivity index (χ2v) is 7.53. The summed E-state index contributed by atoms with van der Waals surface area (Å²) in [5.74, 6) is -0.0275. The summed E-state index contributed by atoms with van der Waals surface area (Å²) < 4.78 is 16.9. The molecule has 0 fully saturated rings. The largest absolute Gasteiger partial charge is 0.497 e. The molecule has 3 aromatic carbocycles. The zero-order chi connectivity index (χ0) is 22.1. The average molecular weight is 435 g/mol. The van der Waals surface area contributed by atoms with Gasteiger partial charge in [0.25, 0.3) is 0 Å². The van der Waals surface area contributed by atoms with E-state index < -0.39 is 11.4 Å². The quantitative estimate of drug-likeness (QED) is 0.371. The van der Waals surface area contributed by atoms with Crippen molar-refractivity contribution in [1.82, 2.24) is 0 Å². The summed E-state index contributed by atoms with van der Waals surface area (Å²) in [7, 11) is 1.56. The number of esters is 1. The highest BCUT2D eigenvalue weighted by Crippen LogP contribution is 2.34. The highest BCUT2D eigenvalue weighted by Gasteiger charge is 2.22. The maximum absolute atomic E-state index is 13.3. The van der Waals surface area contributed by atoms with E-state index in [0.29, 0.717) is 27.5 Å². The molecule has 0 aliphatic rings. The lowest BCUT2D eigenvalue weighted by Crippen LogP contribution is -2.17. The fraction of sp³-hybridized carbons (Fsp3) is 0.120. The molecule has 156 valence electrons. The minimum Gasteiger partial charge on any atom is -0.497 e. The Morgan fingerprint density at radius 2 is 1.68 bits per heavy atom. The van der Waals surface area contributed by atoms with Crippen LogP contribution < -0.4 is 14.9 Å². The fourth-order valence-corrected chi connectivity index (χ4v) is 3.44. The first kappa shape index (κ1) is 20.7. The molecule has 5 nitrogen and oxygen atoms in total. The Kier molecular flexibility index (Phi) is 5.53. The molecule has 1 heterocycles. The van der Waals surface area contributed by atoms with Gasteiger partial charge in [0.1, 0.15) is 11.3 Å². The van der Waals surface area contributed by atoms with Crippen molar-refractivity contribution in [1.29, 1.82) is 0 Å². The normalized spacial score (nSPS) is 10.8. The summed E-state index contributed by atoms with van der Waals surface area (Å²) >= 11 is 6.22. The predicted octanol–water partition coefficient (Wildman–Crippen LogP) is 5.96. The Hall–Kier alpha value is -3.57. The van der Waals surface area contributed by atoms with Crippen molar-refractivity contribution in [3.8, 4) is 22.8 Å². The molecule has 0 N–H and O–H groups in total. The molecule has 0 radical (unpaired) electrons. The van der Waals surface area contributed by atoms with Crippen LogP contribution in [-0.4, -0.2) is 13.1 Å². The Labute approximate surface area is 183 Å². The van der Waals surface area contributed by atoms with Crippen molar-refractivity contribution in [2.75, 3.05) is 7.11 Å². The minimum atomic E-state index is -0.641. The Balaban J connectivity index is 1.93. The first-order valence-electron chi connectivity index (χ1n) is 9.58. The maximum Gasteiger partial charge on any atom is 0.344 e. The molecule has 6 heteroatoms. The number of rotatable bonds is 4. The number of carbonyl (C=O) groups excluding carboxylic acids is 1. The van der Waals surface area contributed by atoms with Gasteiger partial charge >= 0.3 is 5.97 Å². The van der Waals surface area contributed by atoms with Crippen LogP contribution in [-0.2, 0) is 0 Å². The molecule has 1 aromatic heterocycles. The van der Waals surface area contributed by atoms with Crippen LogP contribution in [0.25, 0.3) is 22.3 Å². The van der Waals surface area contributed by atoms with Crippen molar-refractivity contribution < 1.29 is 18.7 Å². The second kappa shape index (κ2) is 8.28. The Bertz CT molecular complexity index is 1350. The number of ether oxygens (including phenoxy) is 2. The molecule has 0 aliphatic heterocycles. The molecule has 0 saturated heterocycles. The zero-order valence-electron chi connectivity index (χ0n) is 17.2. The number of hydrogen-bond acceptors (Lipinski definition) is 5. The Morgan fingerprint density at radius 1 is 0.968 bits per heavy atom. The lowest BCUT2D eigenvalue weighted by Gasteiger charge is -2.12. The summed E-state index contributed by atoms with van der Waals surface area (Å²) in [6, 6.07) is 17.2. The highest BCUT2D eigenvalue weighted by atomic mass is 35.5. The van der Waals surface area contributed by atoms with Gasteiger partial charge < -0.3 is 13.9 Å². The third kappa shape index (κ3) is 3.92. The summed E-state index contributed by atoms with van der Waals surface area (Å²) in [6.45, 7) is 3.62. The SMILES string of the molecule is COc1ccc(-c2oc3cc(C)c(Cl)cc3c(=O)c2OC(=O)c2ccccc2C)cc1. The Morgan fingerprint density at radius 3 is 2.35 bits per heavy atom. The van der Waals surface area contributed by atoms with E-state index in [9.17, 15) is 9.59 Å².